The maximum absolute atomic E-state index is 13.3. The third kappa shape index (κ3) is 3.87. The maximum Gasteiger partial charge on any atom is 0.174 e. The van der Waals surface area contributed by atoms with Crippen LogP contribution in [0.3, 0.4) is 0 Å². The van der Waals surface area contributed by atoms with Crippen LogP contribution in [0.25, 0.3) is 0 Å². The molecule has 3 rings (SSSR count). The van der Waals surface area contributed by atoms with Gasteiger partial charge in [-0.15, -0.1) is 0 Å². The summed E-state index contributed by atoms with van der Waals surface area (Å²) in [4.78, 5) is 13.3. The van der Waals surface area contributed by atoms with Crippen LogP contribution in [0.1, 0.15) is 27.4 Å². The number of rotatable bonds is 6. The number of carbonyl (C=O) groups is 1. The minimum absolute atomic E-state index is 0.132. The molecule has 138 valence electrons. The highest BCUT2D eigenvalue weighted by molar-refractivity contribution is 6.03. The first-order chi connectivity index (χ1) is 13.0. The summed E-state index contributed by atoms with van der Waals surface area (Å²) in [5.41, 5.74) is 1.85. The number of ketones is 1. The van der Waals surface area contributed by atoms with Crippen LogP contribution in [0.15, 0.2) is 66.7 Å². The van der Waals surface area contributed by atoms with E-state index in [9.17, 15) is 15.0 Å². The molecule has 0 amide bonds. The second-order valence-electron chi connectivity index (χ2n) is 6.05. The van der Waals surface area contributed by atoms with Crippen LogP contribution in [0.5, 0.6) is 23.0 Å². The largest absolute Gasteiger partial charge is 0.504 e. The summed E-state index contributed by atoms with van der Waals surface area (Å²) >= 11 is 0. The molecule has 0 aromatic heterocycles. The van der Waals surface area contributed by atoms with Gasteiger partial charge in [0.2, 0.25) is 0 Å². The highest BCUT2D eigenvalue weighted by atomic mass is 16.5. The number of phenolic OH excluding ortho intramolecular Hbond substituents is 2. The van der Waals surface area contributed by atoms with Crippen molar-refractivity contribution in [3.8, 4) is 23.0 Å². The van der Waals surface area contributed by atoms with Crippen molar-refractivity contribution in [2.75, 3.05) is 14.2 Å². The first kappa shape index (κ1) is 18.3. The van der Waals surface area contributed by atoms with Crippen molar-refractivity contribution in [2.45, 2.75) is 5.92 Å². The molecule has 0 aliphatic heterocycles. The maximum atomic E-state index is 13.3. The second-order valence-corrected chi connectivity index (χ2v) is 6.05. The van der Waals surface area contributed by atoms with Gasteiger partial charge in [0, 0.05) is 5.56 Å². The Hall–Kier alpha value is -3.47. The number of Topliss-reactive ketones (excluding diaryl/α,β-unsaturated/α-hetero) is 1. The molecule has 1 atom stereocenters. The lowest BCUT2D eigenvalue weighted by atomic mass is 9.84. The van der Waals surface area contributed by atoms with Gasteiger partial charge in [-0.25, -0.2) is 0 Å². The number of benzene rings is 3. The number of ether oxygens (including phenoxy) is 2. The van der Waals surface area contributed by atoms with Crippen LogP contribution in [-0.2, 0) is 0 Å². The summed E-state index contributed by atoms with van der Waals surface area (Å²) in [5, 5.41) is 19.5. The quantitative estimate of drug-likeness (QED) is 0.508. The van der Waals surface area contributed by atoms with Crippen molar-refractivity contribution in [3.63, 3.8) is 0 Å². The van der Waals surface area contributed by atoms with E-state index < -0.39 is 5.92 Å². The molecular weight excluding hydrogens is 344 g/mol. The third-order valence-corrected chi connectivity index (χ3v) is 4.42. The second kappa shape index (κ2) is 7.83. The number of carbonyl (C=O) groups excluding carboxylic acids is 1. The molecule has 27 heavy (non-hydrogen) atoms. The van der Waals surface area contributed by atoms with Gasteiger partial charge in [-0.1, -0.05) is 18.2 Å². The smallest absolute Gasteiger partial charge is 0.174 e. The summed E-state index contributed by atoms with van der Waals surface area (Å²) in [7, 11) is 3.14. The first-order valence-electron chi connectivity index (χ1n) is 8.37. The van der Waals surface area contributed by atoms with Crippen LogP contribution in [0.4, 0.5) is 0 Å². The lowest BCUT2D eigenvalue weighted by Crippen LogP contribution is -2.14. The predicted molar refractivity (Wildman–Crippen MR) is 102 cm³/mol. The Bertz CT molecular complexity index is 930. The zero-order valence-electron chi connectivity index (χ0n) is 15.0. The molecule has 5 heteroatoms. The van der Waals surface area contributed by atoms with Gasteiger partial charge >= 0.3 is 0 Å². The molecular formula is C22H20O5. The number of hydrogen-bond donors (Lipinski definition) is 2. The molecule has 1 unspecified atom stereocenters. The van der Waals surface area contributed by atoms with Crippen LogP contribution in [-0.4, -0.2) is 30.2 Å². The highest BCUT2D eigenvalue weighted by Crippen LogP contribution is 2.35. The van der Waals surface area contributed by atoms with Gasteiger partial charge in [-0.05, 0) is 59.7 Å². The fourth-order valence-corrected chi connectivity index (χ4v) is 2.93. The number of methoxy groups -OCH3 is 2. The number of phenols is 2. The molecule has 0 bridgehead atoms. The third-order valence-electron chi connectivity index (χ3n) is 4.42. The molecule has 2 N–H and O–H groups in total. The molecule has 3 aromatic carbocycles. The summed E-state index contributed by atoms with van der Waals surface area (Å²) in [6.07, 6.45) is 0. The molecule has 5 nitrogen and oxygen atoms in total. The number of hydrogen-bond acceptors (Lipinski definition) is 5. The predicted octanol–water partition coefficient (Wildman–Crippen LogP) is 4.13. The monoisotopic (exact) mass is 364 g/mol. The Balaban J connectivity index is 2.07. The minimum atomic E-state index is -0.643. The van der Waals surface area contributed by atoms with Crippen molar-refractivity contribution >= 4 is 5.78 Å². The Labute approximate surface area is 157 Å². The molecule has 0 aliphatic rings. The van der Waals surface area contributed by atoms with E-state index in [1.165, 1.54) is 12.1 Å². The molecule has 0 heterocycles. The van der Waals surface area contributed by atoms with E-state index in [1.807, 2.05) is 12.1 Å². The Morgan fingerprint density at radius 3 is 1.78 bits per heavy atom. The summed E-state index contributed by atoms with van der Waals surface area (Å²) < 4.78 is 10.3. The molecule has 0 saturated heterocycles. The Morgan fingerprint density at radius 1 is 0.741 bits per heavy atom. The van der Waals surface area contributed by atoms with Gasteiger partial charge < -0.3 is 19.7 Å². The average Bonchev–Trinajstić information content (AvgIpc) is 2.71. The number of aromatic hydroxyl groups is 2. The van der Waals surface area contributed by atoms with Crippen molar-refractivity contribution < 1.29 is 24.5 Å². The van der Waals surface area contributed by atoms with Crippen LogP contribution in [0.2, 0.25) is 0 Å². The van der Waals surface area contributed by atoms with Crippen LogP contribution in [0, 0.1) is 0 Å². The summed E-state index contributed by atoms with van der Waals surface area (Å²) in [6, 6.07) is 18.5. The molecule has 0 saturated carbocycles. The Kier molecular flexibility index (Phi) is 5.31. The van der Waals surface area contributed by atoms with Crippen LogP contribution < -0.4 is 9.47 Å². The lowest BCUT2D eigenvalue weighted by molar-refractivity contribution is 0.0973. The molecule has 0 spiro atoms. The molecule has 0 radical (unpaired) electrons. The van der Waals surface area contributed by atoms with Crippen molar-refractivity contribution in [1.82, 2.24) is 0 Å². The van der Waals surface area contributed by atoms with E-state index in [0.717, 1.165) is 5.56 Å². The summed E-state index contributed by atoms with van der Waals surface area (Å²) in [6.45, 7) is 0. The molecule has 0 aliphatic carbocycles. The van der Waals surface area contributed by atoms with Crippen molar-refractivity contribution in [2.24, 2.45) is 0 Å². The normalized spacial score (nSPS) is 11.6. The van der Waals surface area contributed by atoms with Gasteiger partial charge in [-0.3, -0.25) is 4.79 Å². The fourth-order valence-electron chi connectivity index (χ4n) is 2.93. The fraction of sp³-hybridized carbons (Fsp3) is 0.136. The average molecular weight is 364 g/mol. The van der Waals surface area contributed by atoms with E-state index in [-0.39, 0.29) is 17.3 Å². The van der Waals surface area contributed by atoms with Gasteiger partial charge in [-0.2, -0.15) is 0 Å². The topological polar surface area (TPSA) is 76.0 Å². The first-order valence-corrected chi connectivity index (χ1v) is 8.37. The highest BCUT2D eigenvalue weighted by Gasteiger charge is 2.25. The van der Waals surface area contributed by atoms with Crippen molar-refractivity contribution in [3.05, 3.63) is 83.4 Å². The zero-order chi connectivity index (χ0) is 19.4. The Morgan fingerprint density at radius 2 is 1.26 bits per heavy atom. The minimum Gasteiger partial charge on any atom is -0.504 e. The van der Waals surface area contributed by atoms with Gasteiger partial charge in [0.05, 0.1) is 20.1 Å². The van der Waals surface area contributed by atoms with E-state index >= 15 is 0 Å². The molecule has 3 aromatic rings. The van der Waals surface area contributed by atoms with E-state index in [4.69, 9.17) is 9.47 Å². The standard InChI is InChI=1S/C22H20O5/c1-26-17-8-3-14(4-9-17)21(16-7-12-19(23)20(24)13-16)22(25)15-5-10-18(27-2)11-6-15/h3-13,21,23-24H,1-2H3. The van der Waals surface area contributed by atoms with Crippen LogP contribution >= 0.6 is 0 Å². The van der Waals surface area contributed by atoms with E-state index in [2.05, 4.69) is 0 Å². The van der Waals surface area contributed by atoms with E-state index in [1.54, 1.807) is 56.7 Å². The molecule has 0 fully saturated rings. The van der Waals surface area contributed by atoms with Crippen molar-refractivity contribution in [1.29, 1.82) is 0 Å². The van der Waals surface area contributed by atoms with Gasteiger partial charge in [0.25, 0.3) is 0 Å². The SMILES string of the molecule is COc1ccc(C(=O)C(c2ccc(OC)cc2)c2ccc(O)c(O)c2)cc1. The summed E-state index contributed by atoms with van der Waals surface area (Å²) in [5.74, 6) is 0.0687. The lowest BCUT2D eigenvalue weighted by Gasteiger charge is -2.18. The van der Waals surface area contributed by atoms with Gasteiger partial charge in [0.1, 0.15) is 11.5 Å². The zero-order valence-corrected chi connectivity index (χ0v) is 15.0. The van der Waals surface area contributed by atoms with Gasteiger partial charge in [0.15, 0.2) is 17.3 Å². The van der Waals surface area contributed by atoms with E-state index in [0.29, 0.717) is 22.6 Å².